The van der Waals surface area contributed by atoms with Crippen LogP contribution in [0.2, 0.25) is 0 Å². The molecule has 2 aromatic heterocycles. The van der Waals surface area contributed by atoms with Crippen molar-refractivity contribution in [3.63, 3.8) is 0 Å². The molecule has 0 aromatic carbocycles. The van der Waals surface area contributed by atoms with Crippen LogP contribution in [0.1, 0.15) is 5.89 Å². The fourth-order valence-electron chi connectivity index (χ4n) is 0.975. The van der Waals surface area contributed by atoms with Gasteiger partial charge in [0.1, 0.15) is 0 Å². The number of fused-ring (bicyclic) bond motifs is 1. The molecule has 6 heteroatoms. The quantitative estimate of drug-likeness (QED) is 0.564. The van der Waals surface area contributed by atoms with Crippen LogP contribution in [0, 0.1) is 6.92 Å². The van der Waals surface area contributed by atoms with Gasteiger partial charge >= 0.3 is 5.69 Å². The molecule has 2 rings (SSSR count). The molecule has 62 valence electrons. The lowest BCUT2D eigenvalue weighted by molar-refractivity contribution is 0.561. The van der Waals surface area contributed by atoms with Gasteiger partial charge in [-0.05, 0) is 0 Å². The molecule has 0 amide bonds. The second-order valence-electron chi connectivity index (χ2n) is 2.34. The second-order valence-corrected chi connectivity index (χ2v) is 2.34. The summed E-state index contributed by atoms with van der Waals surface area (Å²) in [6.45, 7) is 1.66. The predicted octanol–water partition coefficient (Wildman–Crippen LogP) is -0.198. The number of aromatic nitrogens is 3. The molecule has 3 N–H and O–H groups in total. The number of nitrogens with two attached hydrogens (primary N) is 1. The van der Waals surface area contributed by atoms with E-state index in [0.29, 0.717) is 17.1 Å². The molecule has 0 saturated heterocycles. The number of aryl methyl sites for hydroxylation is 1. The Balaban J connectivity index is 2.97. The molecular formula is C6H6N4O2. The topological polar surface area (TPSA) is 97.8 Å². The third kappa shape index (κ3) is 0.849. The molecule has 0 saturated carbocycles. The molecule has 0 fully saturated rings. The number of aromatic amines is 1. The van der Waals surface area contributed by atoms with Crippen molar-refractivity contribution >= 4 is 17.0 Å². The summed E-state index contributed by atoms with van der Waals surface area (Å²) in [4.78, 5) is 20.5. The summed E-state index contributed by atoms with van der Waals surface area (Å²) in [7, 11) is 0. The SMILES string of the molecule is Cc1nc2[nH]c(=O)nc(N)c2o1. The van der Waals surface area contributed by atoms with Crippen LogP contribution in [0.3, 0.4) is 0 Å². The maximum absolute atomic E-state index is 10.8. The molecule has 0 aliphatic carbocycles. The van der Waals surface area contributed by atoms with Crippen LogP contribution in [0.4, 0.5) is 5.82 Å². The average Bonchev–Trinajstić information content (AvgIpc) is 2.29. The molecule has 2 heterocycles. The second kappa shape index (κ2) is 2.07. The Bertz CT molecular complexity index is 484. The van der Waals surface area contributed by atoms with Crippen molar-refractivity contribution in [2.24, 2.45) is 0 Å². The first-order valence-electron chi connectivity index (χ1n) is 3.30. The maximum Gasteiger partial charge on any atom is 0.348 e. The van der Waals surface area contributed by atoms with E-state index in [2.05, 4.69) is 15.0 Å². The first-order valence-corrected chi connectivity index (χ1v) is 3.30. The Hall–Kier alpha value is -1.85. The zero-order chi connectivity index (χ0) is 8.72. The molecule has 0 atom stereocenters. The third-order valence-corrected chi connectivity index (χ3v) is 1.41. The molecule has 0 aliphatic rings. The highest BCUT2D eigenvalue weighted by Gasteiger charge is 2.07. The highest BCUT2D eigenvalue weighted by molar-refractivity contribution is 5.78. The Morgan fingerprint density at radius 1 is 1.50 bits per heavy atom. The van der Waals surface area contributed by atoms with E-state index in [1.54, 1.807) is 6.92 Å². The van der Waals surface area contributed by atoms with E-state index in [1.165, 1.54) is 0 Å². The van der Waals surface area contributed by atoms with E-state index in [1.807, 2.05) is 0 Å². The van der Waals surface area contributed by atoms with Crippen molar-refractivity contribution in [1.82, 2.24) is 15.0 Å². The summed E-state index contributed by atoms with van der Waals surface area (Å²) in [6, 6.07) is 0. The molecular weight excluding hydrogens is 160 g/mol. The van der Waals surface area contributed by atoms with E-state index in [0.717, 1.165) is 0 Å². The monoisotopic (exact) mass is 166 g/mol. The lowest BCUT2D eigenvalue weighted by Gasteiger charge is -1.88. The van der Waals surface area contributed by atoms with Crippen LogP contribution in [0.25, 0.3) is 11.2 Å². The van der Waals surface area contributed by atoms with E-state index < -0.39 is 5.69 Å². The Morgan fingerprint density at radius 2 is 2.25 bits per heavy atom. The molecule has 6 nitrogen and oxygen atoms in total. The highest BCUT2D eigenvalue weighted by Crippen LogP contribution is 2.14. The van der Waals surface area contributed by atoms with Gasteiger partial charge in [0.2, 0.25) is 5.58 Å². The van der Waals surface area contributed by atoms with Crippen molar-refractivity contribution in [2.45, 2.75) is 6.92 Å². The molecule has 0 spiro atoms. The van der Waals surface area contributed by atoms with E-state index in [-0.39, 0.29) is 5.82 Å². The number of nitrogen functional groups attached to an aromatic ring is 1. The number of anilines is 1. The Morgan fingerprint density at radius 3 is 3.00 bits per heavy atom. The van der Waals surface area contributed by atoms with Crippen molar-refractivity contribution in [2.75, 3.05) is 5.73 Å². The minimum absolute atomic E-state index is 0.0642. The summed E-state index contributed by atoms with van der Waals surface area (Å²) in [5, 5.41) is 0. The van der Waals surface area contributed by atoms with Gasteiger partial charge in [-0.2, -0.15) is 9.97 Å². The lowest BCUT2D eigenvalue weighted by Crippen LogP contribution is -2.12. The number of nitrogens with zero attached hydrogens (tertiary/aromatic N) is 2. The van der Waals surface area contributed by atoms with E-state index in [4.69, 9.17) is 10.2 Å². The Kier molecular flexibility index (Phi) is 1.18. The van der Waals surface area contributed by atoms with Crippen molar-refractivity contribution in [3.05, 3.63) is 16.4 Å². The van der Waals surface area contributed by atoms with Crippen LogP contribution >= 0.6 is 0 Å². The number of hydrogen-bond donors (Lipinski definition) is 2. The largest absolute Gasteiger partial charge is 0.435 e. The molecule has 0 aliphatic heterocycles. The summed E-state index contributed by atoms with van der Waals surface area (Å²) in [5.41, 5.74) is 5.55. The molecule has 0 bridgehead atoms. The normalized spacial score (nSPS) is 10.8. The number of hydrogen-bond acceptors (Lipinski definition) is 5. The van der Waals surface area contributed by atoms with Gasteiger partial charge in [-0.1, -0.05) is 0 Å². The minimum Gasteiger partial charge on any atom is -0.435 e. The summed E-state index contributed by atoms with van der Waals surface area (Å²) in [5.74, 6) is 0.509. The predicted molar refractivity (Wildman–Crippen MR) is 41.6 cm³/mol. The van der Waals surface area contributed by atoms with Gasteiger partial charge < -0.3 is 10.2 Å². The number of nitrogens with one attached hydrogen (secondary N) is 1. The van der Waals surface area contributed by atoms with E-state index in [9.17, 15) is 4.79 Å². The van der Waals surface area contributed by atoms with Gasteiger partial charge in [-0.15, -0.1) is 0 Å². The van der Waals surface area contributed by atoms with Crippen LogP contribution in [-0.4, -0.2) is 15.0 Å². The van der Waals surface area contributed by atoms with Gasteiger partial charge in [0.25, 0.3) is 0 Å². The van der Waals surface area contributed by atoms with Gasteiger partial charge in [-0.3, -0.25) is 4.98 Å². The number of oxazole rings is 1. The zero-order valence-corrected chi connectivity index (χ0v) is 6.29. The number of H-pyrrole nitrogens is 1. The van der Waals surface area contributed by atoms with Crippen LogP contribution in [0.15, 0.2) is 9.21 Å². The first-order chi connectivity index (χ1) is 5.66. The van der Waals surface area contributed by atoms with Crippen LogP contribution in [0.5, 0.6) is 0 Å². The average molecular weight is 166 g/mol. The molecule has 0 radical (unpaired) electrons. The summed E-state index contributed by atoms with van der Waals surface area (Å²) >= 11 is 0. The van der Waals surface area contributed by atoms with E-state index >= 15 is 0 Å². The third-order valence-electron chi connectivity index (χ3n) is 1.41. The van der Waals surface area contributed by atoms with Crippen LogP contribution < -0.4 is 11.4 Å². The lowest BCUT2D eigenvalue weighted by atomic mass is 10.5. The molecule has 12 heavy (non-hydrogen) atoms. The van der Waals surface area contributed by atoms with Crippen molar-refractivity contribution < 1.29 is 4.42 Å². The molecule has 0 unspecified atom stereocenters. The first kappa shape index (κ1) is 6.84. The fraction of sp³-hybridized carbons (Fsp3) is 0.167. The van der Waals surface area contributed by atoms with Gasteiger partial charge in [-0.25, -0.2) is 4.79 Å². The van der Waals surface area contributed by atoms with Gasteiger partial charge in [0.05, 0.1) is 0 Å². The summed E-state index contributed by atoms with van der Waals surface area (Å²) < 4.78 is 5.08. The summed E-state index contributed by atoms with van der Waals surface area (Å²) in [6.07, 6.45) is 0. The van der Waals surface area contributed by atoms with Crippen LogP contribution in [-0.2, 0) is 0 Å². The maximum atomic E-state index is 10.8. The van der Waals surface area contributed by atoms with Gasteiger partial charge in [0.15, 0.2) is 17.4 Å². The Labute approximate surface area is 66.4 Å². The molecule has 2 aromatic rings. The van der Waals surface area contributed by atoms with Gasteiger partial charge in [0, 0.05) is 6.92 Å². The van der Waals surface area contributed by atoms with Crippen molar-refractivity contribution in [3.8, 4) is 0 Å². The fourth-order valence-corrected chi connectivity index (χ4v) is 0.975. The zero-order valence-electron chi connectivity index (χ0n) is 6.29. The van der Waals surface area contributed by atoms with Crippen molar-refractivity contribution in [1.29, 1.82) is 0 Å². The highest BCUT2D eigenvalue weighted by atomic mass is 16.3. The number of rotatable bonds is 0. The standard InChI is InChI=1S/C6H6N4O2/c1-2-8-5-3(12-2)4(7)9-6(11)10-5/h1H3,(H3,7,9,10,11). The minimum atomic E-state index is -0.520. The smallest absolute Gasteiger partial charge is 0.348 e.